The molecule has 0 bridgehead atoms. The molecule has 0 aromatic heterocycles. The summed E-state index contributed by atoms with van der Waals surface area (Å²) in [5.41, 5.74) is 10.0. The van der Waals surface area contributed by atoms with E-state index in [1.807, 2.05) is 0 Å². The Labute approximate surface area is 194 Å². The van der Waals surface area contributed by atoms with Crippen molar-refractivity contribution in [3.05, 3.63) is 119 Å². The van der Waals surface area contributed by atoms with Gasteiger partial charge in [-0.2, -0.15) is 0 Å². The van der Waals surface area contributed by atoms with Gasteiger partial charge >= 0.3 is 0 Å². The first-order valence-electron chi connectivity index (χ1n) is 12.5. The third kappa shape index (κ3) is 4.46. The van der Waals surface area contributed by atoms with Gasteiger partial charge in [-0.1, -0.05) is 104 Å². The lowest BCUT2D eigenvalue weighted by atomic mass is 9.67. The van der Waals surface area contributed by atoms with Crippen molar-refractivity contribution >= 4 is 0 Å². The fraction of sp³-hybridized carbons (Fsp3) is 0.375. The highest BCUT2D eigenvalue weighted by atomic mass is 14.4. The van der Waals surface area contributed by atoms with Crippen molar-refractivity contribution in [1.82, 2.24) is 0 Å². The van der Waals surface area contributed by atoms with E-state index in [0.717, 1.165) is 12.8 Å². The zero-order valence-corrected chi connectivity index (χ0v) is 19.6. The molecule has 0 aliphatic heterocycles. The Morgan fingerprint density at radius 1 is 0.969 bits per heavy atom. The van der Waals surface area contributed by atoms with E-state index in [9.17, 15) is 0 Å². The molecule has 2 unspecified atom stereocenters. The third-order valence-electron chi connectivity index (χ3n) is 8.07. The van der Waals surface area contributed by atoms with E-state index in [0.29, 0.717) is 17.3 Å². The van der Waals surface area contributed by atoms with Crippen molar-refractivity contribution in [2.75, 3.05) is 0 Å². The van der Waals surface area contributed by atoms with Crippen LogP contribution >= 0.6 is 0 Å². The molecule has 2 atom stereocenters. The molecule has 0 N–H and O–H groups in total. The van der Waals surface area contributed by atoms with E-state index >= 15 is 0 Å². The Hall–Kier alpha value is -2.60. The summed E-state index contributed by atoms with van der Waals surface area (Å²) in [6, 6.07) is 0. The molecular weight excluding hydrogens is 384 g/mol. The maximum atomic E-state index is 4.41. The zero-order valence-electron chi connectivity index (χ0n) is 19.6. The minimum atomic E-state index is 0.339. The van der Waals surface area contributed by atoms with Crippen LogP contribution in [0, 0.1) is 17.3 Å². The molecule has 0 heterocycles. The summed E-state index contributed by atoms with van der Waals surface area (Å²) in [6.45, 7) is 11.2. The maximum absolute atomic E-state index is 4.41. The van der Waals surface area contributed by atoms with Gasteiger partial charge < -0.3 is 0 Å². The lowest BCUT2D eigenvalue weighted by Crippen LogP contribution is -2.25. The first-order valence-corrected chi connectivity index (χ1v) is 12.5. The van der Waals surface area contributed by atoms with Gasteiger partial charge in [0.2, 0.25) is 0 Å². The standard InChI is InChI=1S/C32H36/c1-23(29-18-24(2)31-10-5-4-9-28(31)22-29)11-12-26-20-27-14-13-25(19-30(27)21-26)8-6-15-32(3)16-7-17-32/h4-5,9-10,13-14,18-22,30-31H,1-2,6-8,11-12,15-17H2,3H3. The average Bonchev–Trinajstić information content (AvgIpc) is 3.18. The summed E-state index contributed by atoms with van der Waals surface area (Å²) in [4.78, 5) is 0. The number of rotatable bonds is 8. The Bertz CT molecular complexity index is 1070. The van der Waals surface area contributed by atoms with Gasteiger partial charge in [0.15, 0.2) is 0 Å². The molecule has 0 amide bonds. The zero-order chi connectivity index (χ0) is 22.1. The minimum Gasteiger partial charge on any atom is -0.0952 e. The van der Waals surface area contributed by atoms with Crippen molar-refractivity contribution in [2.45, 2.75) is 58.3 Å². The second-order valence-corrected chi connectivity index (χ2v) is 10.6. The maximum Gasteiger partial charge on any atom is 0.0267 e. The van der Waals surface area contributed by atoms with Crippen LogP contribution in [0.25, 0.3) is 0 Å². The molecule has 0 saturated heterocycles. The number of fused-ring (bicyclic) bond motifs is 2. The first kappa shape index (κ1) is 21.3. The van der Waals surface area contributed by atoms with Crippen LogP contribution in [0.1, 0.15) is 58.3 Å². The van der Waals surface area contributed by atoms with Gasteiger partial charge in [0.1, 0.15) is 0 Å². The molecule has 0 radical (unpaired) electrons. The number of hydrogen-bond acceptors (Lipinski definition) is 0. The largest absolute Gasteiger partial charge is 0.0952 e. The SMILES string of the molecule is C=C(CCC1=CC2C=C(CCCC3(C)CCC3)C=CC2=C1)C1=CC(=C)C2C=CC=CC2=C1. The van der Waals surface area contributed by atoms with Crippen LogP contribution in [-0.4, -0.2) is 0 Å². The van der Waals surface area contributed by atoms with Gasteiger partial charge in [-0.05, 0) is 78.2 Å². The van der Waals surface area contributed by atoms with Crippen molar-refractivity contribution < 1.29 is 0 Å². The quantitative estimate of drug-likeness (QED) is 0.368. The van der Waals surface area contributed by atoms with Crippen molar-refractivity contribution in [3.8, 4) is 0 Å². The fourth-order valence-electron chi connectivity index (χ4n) is 5.74. The van der Waals surface area contributed by atoms with E-state index in [4.69, 9.17) is 0 Å². The van der Waals surface area contributed by atoms with Crippen LogP contribution < -0.4 is 0 Å². The highest BCUT2D eigenvalue weighted by molar-refractivity contribution is 5.56. The molecule has 164 valence electrons. The van der Waals surface area contributed by atoms with E-state index in [1.165, 1.54) is 77.5 Å². The predicted octanol–water partition coefficient (Wildman–Crippen LogP) is 8.83. The number of hydrogen-bond donors (Lipinski definition) is 0. The van der Waals surface area contributed by atoms with Crippen LogP contribution in [-0.2, 0) is 0 Å². The highest BCUT2D eigenvalue weighted by Crippen LogP contribution is 2.45. The summed E-state index contributed by atoms with van der Waals surface area (Å²) in [7, 11) is 0. The smallest absolute Gasteiger partial charge is 0.0267 e. The Kier molecular flexibility index (Phi) is 5.80. The summed E-state index contributed by atoms with van der Waals surface area (Å²) in [6.07, 6.45) is 35.6. The van der Waals surface area contributed by atoms with Crippen LogP contribution in [0.15, 0.2) is 119 Å². The Morgan fingerprint density at radius 3 is 2.62 bits per heavy atom. The molecule has 5 aliphatic rings. The molecule has 0 heteroatoms. The van der Waals surface area contributed by atoms with Crippen LogP contribution in [0.3, 0.4) is 0 Å². The number of allylic oxidation sites excluding steroid dienone is 18. The van der Waals surface area contributed by atoms with Crippen LogP contribution in [0.5, 0.6) is 0 Å². The molecule has 32 heavy (non-hydrogen) atoms. The molecule has 5 rings (SSSR count). The lowest BCUT2D eigenvalue weighted by molar-refractivity contribution is 0.143. The van der Waals surface area contributed by atoms with Gasteiger partial charge in [0, 0.05) is 11.8 Å². The Morgan fingerprint density at radius 2 is 1.81 bits per heavy atom. The van der Waals surface area contributed by atoms with Gasteiger partial charge in [0.25, 0.3) is 0 Å². The predicted molar refractivity (Wildman–Crippen MR) is 138 cm³/mol. The molecule has 0 nitrogen and oxygen atoms in total. The minimum absolute atomic E-state index is 0.339. The van der Waals surface area contributed by atoms with E-state index in [2.05, 4.69) is 86.9 Å². The monoisotopic (exact) mass is 420 g/mol. The fourth-order valence-corrected chi connectivity index (χ4v) is 5.74. The molecule has 0 aromatic rings. The first-order chi connectivity index (χ1) is 15.5. The molecule has 0 aromatic carbocycles. The molecular formula is C32H36. The highest BCUT2D eigenvalue weighted by Gasteiger charge is 2.30. The summed E-state index contributed by atoms with van der Waals surface area (Å²) >= 11 is 0. The third-order valence-corrected chi connectivity index (χ3v) is 8.07. The molecule has 1 saturated carbocycles. The van der Waals surface area contributed by atoms with Gasteiger partial charge in [-0.25, -0.2) is 0 Å². The average molecular weight is 421 g/mol. The second kappa shape index (κ2) is 8.74. The van der Waals surface area contributed by atoms with Crippen LogP contribution in [0.4, 0.5) is 0 Å². The van der Waals surface area contributed by atoms with Crippen molar-refractivity contribution in [2.24, 2.45) is 17.3 Å². The lowest BCUT2D eigenvalue weighted by Gasteiger charge is -2.38. The van der Waals surface area contributed by atoms with Crippen LogP contribution in [0.2, 0.25) is 0 Å². The molecule has 5 aliphatic carbocycles. The summed E-state index contributed by atoms with van der Waals surface area (Å²) in [5, 5.41) is 0. The molecule has 1 fully saturated rings. The van der Waals surface area contributed by atoms with E-state index in [1.54, 1.807) is 0 Å². The van der Waals surface area contributed by atoms with Crippen molar-refractivity contribution in [1.29, 1.82) is 0 Å². The second-order valence-electron chi connectivity index (χ2n) is 10.6. The Balaban J connectivity index is 1.15. The normalized spacial score (nSPS) is 26.9. The van der Waals surface area contributed by atoms with E-state index in [-0.39, 0.29) is 0 Å². The summed E-state index contributed by atoms with van der Waals surface area (Å²) in [5.74, 6) is 0.819. The van der Waals surface area contributed by atoms with Gasteiger partial charge in [-0.15, -0.1) is 0 Å². The van der Waals surface area contributed by atoms with Crippen molar-refractivity contribution in [3.63, 3.8) is 0 Å². The van der Waals surface area contributed by atoms with Gasteiger partial charge in [-0.3, -0.25) is 0 Å². The summed E-state index contributed by atoms with van der Waals surface area (Å²) < 4.78 is 0. The molecule has 0 spiro atoms. The van der Waals surface area contributed by atoms with E-state index < -0.39 is 0 Å². The topological polar surface area (TPSA) is 0 Å². The van der Waals surface area contributed by atoms with Gasteiger partial charge in [0.05, 0.1) is 0 Å².